The summed E-state index contributed by atoms with van der Waals surface area (Å²) in [4.78, 5) is 11.2. The van der Waals surface area contributed by atoms with Crippen molar-refractivity contribution in [1.82, 2.24) is 5.32 Å². The first-order chi connectivity index (χ1) is 5.74. The highest BCUT2D eigenvalue weighted by molar-refractivity contribution is 14.1. The first-order valence-corrected chi connectivity index (χ1v) is 5.16. The molecule has 1 heterocycles. The summed E-state index contributed by atoms with van der Waals surface area (Å²) in [6.07, 6.45) is 1.47. The van der Waals surface area contributed by atoms with Crippen LogP contribution in [0.3, 0.4) is 0 Å². The number of hydrogen-bond acceptors (Lipinski definition) is 2. The van der Waals surface area contributed by atoms with E-state index in [4.69, 9.17) is 4.42 Å². The van der Waals surface area contributed by atoms with E-state index < -0.39 is 0 Å². The van der Waals surface area contributed by atoms with Gasteiger partial charge in [0.2, 0.25) is 0 Å². The predicted molar refractivity (Wildman–Crippen MR) is 54.7 cm³/mol. The zero-order chi connectivity index (χ0) is 8.97. The van der Waals surface area contributed by atoms with E-state index in [-0.39, 0.29) is 5.91 Å². The second-order valence-electron chi connectivity index (χ2n) is 2.39. The first kappa shape index (κ1) is 9.57. The Morgan fingerprint density at radius 3 is 3.00 bits per heavy atom. The van der Waals surface area contributed by atoms with Gasteiger partial charge in [0.1, 0.15) is 12.0 Å². The maximum Gasteiger partial charge on any atom is 0.254 e. The highest BCUT2D eigenvalue weighted by Gasteiger charge is 2.06. The molecule has 0 fully saturated rings. The molecule has 0 aliphatic carbocycles. The molecule has 4 heteroatoms. The van der Waals surface area contributed by atoms with Gasteiger partial charge in [-0.05, 0) is 13.0 Å². The molecule has 0 saturated carbocycles. The zero-order valence-electron chi connectivity index (χ0n) is 6.76. The van der Waals surface area contributed by atoms with Crippen molar-refractivity contribution >= 4 is 28.5 Å². The van der Waals surface area contributed by atoms with Crippen LogP contribution in [-0.2, 0) is 0 Å². The summed E-state index contributed by atoms with van der Waals surface area (Å²) >= 11 is 2.21. The van der Waals surface area contributed by atoms with Crippen LogP contribution in [0.2, 0.25) is 0 Å². The fourth-order valence-electron chi connectivity index (χ4n) is 0.825. The molecule has 0 unspecified atom stereocenters. The largest absolute Gasteiger partial charge is 0.469 e. The molecular weight excluding hydrogens is 269 g/mol. The van der Waals surface area contributed by atoms with Crippen molar-refractivity contribution in [2.24, 2.45) is 0 Å². The molecule has 0 aliphatic heterocycles. The van der Waals surface area contributed by atoms with E-state index in [1.807, 2.05) is 6.92 Å². The second kappa shape index (κ2) is 4.49. The van der Waals surface area contributed by atoms with Gasteiger partial charge in [0.05, 0.1) is 5.56 Å². The Labute approximate surface area is 84.7 Å². The minimum Gasteiger partial charge on any atom is -0.469 e. The molecule has 0 aromatic carbocycles. The third kappa shape index (κ3) is 2.51. The van der Waals surface area contributed by atoms with Crippen molar-refractivity contribution in [2.45, 2.75) is 6.92 Å². The molecule has 0 saturated heterocycles. The standard InChI is InChI=1S/C8H10INO2/c1-6-4-7(5-12-6)8(11)10-3-2-9/h4-5H,2-3H2,1H3,(H,10,11). The van der Waals surface area contributed by atoms with Gasteiger partial charge in [0.25, 0.3) is 5.91 Å². The number of halogens is 1. The van der Waals surface area contributed by atoms with Gasteiger partial charge in [0, 0.05) is 11.0 Å². The Morgan fingerprint density at radius 1 is 1.75 bits per heavy atom. The van der Waals surface area contributed by atoms with Gasteiger partial charge < -0.3 is 9.73 Å². The molecule has 0 radical (unpaired) electrons. The van der Waals surface area contributed by atoms with Crippen molar-refractivity contribution in [3.05, 3.63) is 23.7 Å². The number of nitrogens with one attached hydrogen (secondary N) is 1. The summed E-state index contributed by atoms with van der Waals surface area (Å²) in [7, 11) is 0. The maximum atomic E-state index is 11.2. The molecule has 12 heavy (non-hydrogen) atoms. The monoisotopic (exact) mass is 279 g/mol. The van der Waals surface area contributed by atoms with Gasteiger partial charge in [-0.25, -0.2) is 0 Å². The molecular formula is C8H10INO2. The number of furan rings is 1. The number of amides is 1. The van der Waals surface area contributed by atoms with Crippen LogP contribution in [0.4, 0.5) is 0 Å². The number of carbonyl (C=O) groups excluding carboxylic acids is 1. The summed E-state index contributed by atoms with van der Waals surface area (Å²) in [5.74, 6) is 0.693. The molecule has 0 atom stereocenters. The number of alkyl halides is 1. The third-order valence-electron chi connectivity index (χ3n) is 1.37. The van der Waals surface area contributed by atoms with Gasteiger partial charge >= 0.3 is 0 Å². The number of rotatable bonds is 3. The average Bonchev–Trinajstić information content (AvgIpc) is 2.47. The number of hydrogen-bond donors (Lipinski definition) is 1. The van der Waals surface area contributed by atoms with Crippen molar-refractivity contribution < 1.29 is 9.21 Å². The second-order valence-corrected chi connectivity index (χ2v) is 3.47. The lowest BCUT2D eigenvalue weighted by Crippen LogP contribution is -2.24. The fraction of sp³-hybridized carbons (Fsp3) is 0.375. The maximum absolute atomic E-state index is 11.2. The molecule has 3 nitrogen and oxygen atoms in total. The summed E-state index contributed by atoms with van der Waals surface area (Å²) in [5.41, 5.74) is 0.595. The molecule has 66 valence electrons. The summed E-state index contributed by atoms with van der Waals surface area (Å²) in [6.45, 7) is 2.51. The first-order valence-electron chi connectivity index (χ1n) is 3.63. The van der Waals surface area contributed by atoms with E-state index in [9.17, 15) is 4.79 Å². The lowest BCUT2D eigenvalue weighted by atomic mass is 10.3. The van der Waals surface area contributed by atoms with Crippen LogP contribution in [0, 0.1) is 6.92 Å². The SMILES string of the molecule is Cc1cc(C(=O)NCCI)co1. The molecule has 0 spiro atoms. The Hall–Kier alpha value is -0.520. The highest BCUT2D eigenvalue weighted by Crippen LogP contribution is 2.05. The van der Waals surface area contributed by atoms with Crippen molar-refractivity contribution in [1.29, 1.82) is 0 Å². The van der Waals surface area contributed by atoms with Crippen molar-refractivity contribution in [2.75, 3.05) is 11.0 Å². The number of carbonyl (C=O) groups is 1. The molecule has 1 aromatic rings. The number of aryl methyl sites for hydroxylation is 1. The van der Waals surface area contributed by atoms with E-state index in [0.29, 0.717) is 12.1 Å². The van der Waals surface area contributed by atoms with E-state index in [0.717, 1.165) is 10.2 Å². The molecule has 0 aliphatic rings. The van der Waals surface area contributed by atoms with E-state index in [2.05, 4.69) is 27.9 Å². The lowest BCUT2D eigenvalue weighted by molar-refractivity contribution is 0.0956. The van der Waals surface area contributed by atoms with Crippen LogP contribution < -0.4 is 5.32 Å². The Bertz CT molecular complexity index is 270. The smallest absolute Gasteiger partial charge is 0.254 e. The molecule has 0 bridgehead atoms. The minimum atomic E-state index is -0.0662. The van der Waals surface area contributed by atoms with E-state index >= 15 is 0 Å². The fourth-order valence-corrected chi connectivity index (χ4v) is 1.10. The predicted octanol–water partition coefficient (Wildman–Crippen LogP) is 1.75. The van der Waals surface area contributed by atoms with Gasteiger partial charge in [-0.3, -0.25) is 4.79 Å². The molecule has 1 aromatic heterocycles. The molecule has 1 rings (SSSR count). The summed E-state index contributed by atoms with van der Waals surface area (Å²) in [6, 6.07) is 1.72. The topological polar surface area (TPSA) is 42.2 Å². The quantitative estimate of drug-likeness (QED) is 0.676. The molecule has 1 N–H and O–H groups in total. The van der Waals surface area contributed by atoms with Crippen molar-refractivity contribution in [3.63, 3.8) is 0 Å². The summed E-state index contributed by atoms with van der Waals surface area (Å²) in [5, 5.41) is 2.76. The minimum absolute atomic E-state index is 0.0662. The highest BCUT2D eigenvalue weighted by atomic mass is 127. The van der Waals surface area contributed by atoms with Gasteiger partial charge in [-0.2, -0.15) is 0 Å². The zero-order valence-corrected chi connectivity index (χ0v) is 8.92. The Kier molecular flexibility index (Phi) is 3.58. The van der Waals surface area contributed by atoms with Crippen LogP contribution in [0.15, 0.2) is 16.7 Å². The Morgan fingerprint density at radius 2 is 2.50 bits per heavy atom. The normalized spacial score (nSPS) is 9.83. The lowest BCUT2D eigenvalue weighted by Gasteiger charge is -1.97. The van der Waals surface area contributed by atoms with Crippen LogP contribution in [0.1, 0.15) is 16.1 Å². The molecule has 1 amide bonds. The third-order valence-corrected chi connectivity index (χ3v) is 1.91. The average molecular weight is 279 g/mol. The van der Waals surface area contributed by atoms with Crippen LogP contribution in [0.5, 0.6) is 0 Å². The summed E-state index contributed by atoms with van der Waals surface area (Å²) < 4.78 is 5.92. The van der Waals surface area contributed by atoms with Gasteiger partial charge in [0.15, 0.2) is 0 Å². The van der Waals surface area contributed by atoms with E-state index in [1.54, 1.807) is 6.07 Å². The van der Waals surface area contributed by atoms with Crippen LogP contribution >= 0.6 is 22.6 Å². The van der Waals surface area contributed by atoms with Gasteiger partial charge in [-0.1, -0.05) is 22.6 Å². The van der Waals surface area contributed by atoms with Gasteiger partial charge in [-0.15, -0.1) is 0 Å². The Balaban J connectivity index is 2.53. The van der Waals surface area contributed by atoms with E-state index in [1.165, 1.54) is 6.26 Å². The van der Waals surface area contributed by atoms with Crippen LogP contribution in [0.25, 0.3) is 0 Å². The van der Waals surface area contributed by atoms with Crippen LogP contribution in [-0.4, -0.2) is 16.9 Å². The van der Waals surface area contributed by atoms with Crippen molar-refractivity contribution in [3.8, 4) is 0 Å².